The van der Waals surface area contributed by atoms with Gasteiger partial charge >= 0.3 is 0 Å². The smallest absolute Gasteiger partial charge is 0.146 e. The van der Waals surface area contributed by atoms with Crippen LogP contribution >= 0.6 is 15.9 Å². The van der Waals surface area contributed by atoms with Crippen molar-refractivity contribution in [2.45, 2.75) is 13.5 Å². The van der Waals surface area contributed by atoms with E-state index in [9.17, 15) is 0 Å². The molecule has 0 saturated carbocycles. The highest BCUT2D eigenvalue weighted by molar-refractivity contribution is 9.10. The van der Waals surface area contributed by atoms with E-state index in [1.54, 1.807) is 12.4 Å². The maximum absolute atomic E-state index is 5.87. The molecule has 94 valence electrons. The molecule has 1 heterocycles. The zero-order chi connectivity index (χ0) is 13.0. The molecule has 1 aromatic carbocycles. The van der Waals surface area contributed by atoms with E-state index in [1.807, 2.05) is 25.2 Å². The van der Waals surface area contributed by atoms with Crippen molar-refractivity contribution < 1.29 is 4.74 Å². The number of pyridine rings is 1. The molecule has 1 aromatic heterocycles. The average Bonchev–Trinajstić information content (AvgIpc) is 2.33. The molecule has 0 spiro atoms. The van der Waals surface area contributed by atoms with Crippen molar-refractivity contribution in [2.24, 2.45) is 0 Å². The summed E-state index contributed by atoms with van der Waals surface area (Å²) in [4.78, 5) is 4.09. The predicted molar refractivity (Wildman–Crippen MR) is 76.0 cm³/mol. The first-order chi connectivity index (χ1) is 8.69. The van der Waals surface area contributed by atoms with Crippen LogP contribution in [0.2, 0.25) is 0 Å². The Kier molecular flexibility index (Phi) is 4.33. The van der Waals surface area contributed by atoms with Crippen LogP contribution in [0.25, 0.3) is 0 Å². The molecule has 0 atom stereocenters. The number of aromatic nitrogens is 1. The number of ether oxygens (including phenoxy) is 1. The highest BCUT2D eigenvalue weighted by Crippen LogP contribution is 2.27. The van der Waals surface area contributed by atoms with Gasteiger partial charge in [-0.3, -0.25) is 4.98 Å². The predicted octanol–water partition coefficient (Wildman–Crippen LogP) is 3.66. The molecule has 1 N–H and O–H groups in total. The Balaban J connectivity index is 2.28. The van der Waals surface area contributed by atoms with Gasteiger partial charge in [-0.1, -0.05) is 17.7 Å². The maximum atomic E-state index is 5.87. The Hall–Kier alpha value is -1.39. The first-order valence-corrected chi connectivity index (χ1v) is 6.51. The molecule has 0 amide bonds. The van der Waals surface area contributed by atoms with E-state index in [0.717, 1.165) is 28.1 Å². The Morgan fingerprint density at radius 1 is 1.28 bits per heavy atom. The molecule has 0 aliphatic heterocycles. The lowest BCUT2D eigenvalue weighted by molar-refractivity contribution is 0.471. The van der Waals surface area contributed by atoms with E-state index in [1.165, 1.54) is 5.56 Å². The Bertz CT molecular complexity index is 543. The molecule has 4 heteroatoms. The third-order valence-corrected chi connectivity index (χ3v) is 2.92. The minimum atomic E-state index is 0.727. The molecular formula is C14H15BrN2O. The van der Waals surface area contributed by atoms with Crippen LogP contribution in [0.4, 0.5) is 0 Å². The Morgan fingerprint density at radius 3 is 2.83 bits per heavy atom. The number of hydrogen-bond acceptors (Lipinski definition) is 3. The SMILES string of the molecule is CNCc1cc(C)ccc1Oc1cncc(Br)c1. The van der Waals surface area contributed by atoms with Crippen LogP contribution in [-0.2, 0) is 6.54 Å². The zero-order valence-corrected chi connectivity index (χ0v) is 12.0. The van der Waals surface area contributed by atoms with Gasteiger partial charge in [-0.15, -0.1) is 0 Å². The van der Waals surface area contributed by atoms with Gasteiger partial charge in [0.05, 0.1) is 6.20 Å². The van der Waals surface area contributed by atoms with Crippen LogP contribution in [0.15, 0.2) is 41.1 Å². The fourth-order valence-electron chi connectivity index (χ4n) is 1.71. The van der Waals surface area contributed by atoms with Crippen molar-refractivity contribution in [2.75, 3.05) is 7.05 Å². The Labute approximate surface area is 115 Å². The molecule has 0 aliphatic carbocycles. The van der Waals surface area contributed by atoms with Crippen LogP contribution in [0.3, 0.4) is 0 Å². The molecule has 18 heavy (non-hydrogen) atoms. The van der Waals surface area contributed by atoms with Gasteiger partial charge in [-0.05, 0) is 42.0 Å². The molecule has 0 fully saturated rings. The summed E-state index contributed by atoms with van der Waals surface area (Å²) < 4.78 is 6.77. The summed E-state index contributed by atoms with van der Waals surface area (Å²) in [6, 6.07) is 8.05. The van der Waals surface area contributed by atoms with E-state index in [-0.39, 0.29) is 0 Å². The maximum Gasteiger partial charge on any atom is 0.146 e. The van der Waals surface area contributed by atoms with Crippen LogP contribution in [0.5, 0.6) is 11.5 Å². The standard InChI is InChI=1S/C14H15BrN2O/c1-10-3-4-14(11(5-10)7-16-2)18-13-6-12(15)8-17-9-13/h3-6,8-9,16H,7H2,1-2H3. The van der Waals surface area contributed by atoms with Crippen LogP contribution in [-0.4, -0.2) is 12.0 Å². The first kappa shape index (κ1) is 13.1. The van der Waals surface area contributed by atoms with Crippen molar-refractivity contribution in [3.05, 3.63) is 52.3 Å². The monoisotopic (exact) mass is 306 g/mol. The highest BCUT2D eigenvalue weighted by atomic mass is 79.9. The number of halogens is 1. The molecule has 0 saturated heterocycles. The molecule has 0 radical (unpaired) electrons. The third-order valence-electron chi connectivity index (χ3n) is 2.49. The lowest BCUT2D eigenvalue weighted by Crippen LogP contribution is -2.06. The number of hydrogen-bond donors (Lipinski definition) is 1. The van der Waals surface area contributed by atoms with E-state index >= 15 is 0 Å². The molecule has 0 unspecified atom stereocenters. The van der Waals surface area contributed by atoms with E-state index in [4.69, 9.17) is 4.74 Å². The van der Waals surface area contributed by atoms with Crippen LogP contribution < -0.4 is 10.1 Å². The van der Waals surface area contributed by atoms with Gasteiger partial charge in [0.1, 0.15) is 11.5 Å². The number of nitrogens with zero attached hydrogens (tertiary/aromatic N) is 1. The second-order valence-electron chi connectivity index (χ2n) is 4.08. The average molecular weight is 307 g/mol. The minimum absolute atomic E-state index is 0.727. The van der Waals surface area contributed by atoms with Crippen molar-refractivity contribution in [1.82, 2.24) is 10.3 Å². The van der Waals surface area contributed by atoms with Gasteiger partial charge in [0.25, 0.3) is 0 Å². The lowest BCUT2D eigenvalue weighted by atomic mass is 10.1. The van der Waals surface area contributed by atoms with E-state index < -0.39 is 0 Å². The quantitative estimate of drug-likeness (QED) is 0.936. The fourth-order valence-corrected chi connectivity index (χ4v) is 2.06. The molecular weight excluding hydrogens is 292 g/mol. The first-order valence-electron chi connectivity index (χ1n) is 5.71. The number of nitrogens with one attached hydrogen (secondary N) is 1. The van der Waals surface area contributed by atoms with E-state index in [0.29, 0.717) is 0 Å². The van der Waals surface area contributed by atoms with Gasteiger partial charge in [0, 0.05) is 22.8 Å². The number of aryl methyl sites for hydroxylation is 1. The molecule has 2 rings (SSSR count). The Morgan fingerprint density at radius 2 is 2.11 bits per heavy atom. The van der Waals surface area contributed by atoms with Crippen molar-refractivity contribution >= 4 is 15.9 Å². The summed E-state index contributed by atoms with van der Waals surface area (Å²) in [7, 11) is 1.92. The van der Waals surface area contributed by atoms with Gasteiger partial charge in [-0.2, -0.15) is 0 Å². The fraction of sp³-hybridized carbons (Fsp3) is 0.214. The van der Waals surface area contributed by atoms with Crippen molar-refractivity contribution in [3.8, 4) is 11.5 Å². The lowest BCUT2D eigenvalue weighted by Gasteiger charge is -2.11. The summed E-state index contributed by atoms with van der Waals surface area (Å²) >= 11 is 3.38. The summed E-state index contributed by atoms with van der Waals surface area (Å²) in [5, 5.41) is 3.14. The summed E-state index contributed by atoms with van der Waals surface area (Å²) in [5.41, 5.74) is 2.36. The van der Waals surface area contributed by atoms with Crippen LogP contribution in [0, 0.1) is 6.92 Å². The number of benzene rings is 1. The van der Waals surface area contributed by atoms with Gasteiger partial charge < -0.3 is 10.1 Å². The van der Waals surface area contributed by atoms with Crippen LogP contribution in [0.1, 0.15) is 11.1 Å². The molecule has 3 nitrogen and oxygen atoms in total. The molecule has 2 aromatic rings. The van der Waals surface area contributed by atoms with Gasteiger partial charge in [0.2, 0.25) is 0 Å². The summed E-state index contributed by atoms with van der Waals surface area (Å²) in [5.74, 6) is 1.58. The molecule has 0 aliphatic rings. The largest absolute Gasteiger partial charge is 0.455 e. The second kappa shape index (κ2) is 5.98. The van der Waals surface area contributed by atoms with Crippen molar-refractivity contribution in [3.63, 3.8) is 0 Å². The zero-order valence-electron chi connectivity index (χ0n) is 10.4. The second-order valence-corrected chi connectivity index (χ2v) is 5.00. The summed E-state index contributed by atoms with van der Waals surface area (Å²) in [6.07, 6.45) is 3.43. The van der Waals surface area contributed by atoms with Crippen molar-refractivity contribution in [1.29, 1.82) is 0 Å². The summed E-state index contributed by atoms with van der Waals surface area (Å²) in [6.45, 7) is 2.85. The molecule has 0 bridgehead atoms. The van der Waals surface area contributed by atoms with E-state index in [2.05, 4.69) is 39.2 Å². The third kappa shape index (κ3) is 3.31. The number of rotatable bonds is 4. The topological polar surface area (TPSA) is 34.1 Å². The normalized spacial score (nSPS) is 10.4. The van der Waals surface area contributed by atoms with Gasteiger partial charge in [-0.25, -0.2) is 0 Å². The van der Waals surface area contributed by atoms with Gasteiger partial charge in [0.15, 0.2) is 0 Å². The highest BCUT2D eigenvalue weighted by Gasteiger charge is 2.05. The minimum Gasteiger partial charge on any atom is -0.455 e.